The van der Waals surface area contributed by atoms with Crippen molar-refractivity contribution < 1.29 is 24.2 Å². The van der Waals surface area contributed by atoms with E-state index in [-0.39, 0.29) is 35.8 Å². The number of aliphatic hydroxyl groups excluding tert-OH is 1. The number of pyridine rings is 1. The molecule has 0 spiro atoms. The van der Waals surface area contributed by atoms with Crippen LogP contribution in [0.15, 0.2) is 36.5 Å². The number of aromatic nitrogens is 1. The van der Waals surface area contributed by atoms with Gasteiger partial charge in [-0.25, -0.2) is 4.79 Å². The molecule has 1 aromatic carbocycles. The van der Waals surface area contributed by atoms with Gasteiger partial charge in [0.05, 0.1) is 12.1 Å². The minimum atomic E-state index is -0.411. The molecule has 2 amide bonds. The molecular formula is C23H24ClN3O5. The van der Waals surface area contributed by atoms with Crippen LogP contribution in [0.4, 0.5) is 4.79 Å². The first-order valence-corrected chi connectivity index (χ1v) is 11.2. The molecule has 3 aliphatic rings. The largest absolute Gasteiger partial charge is 0.490 e. The molecule has 5 rings (SSSR count). The zero-order chi connectivity index (χ0) is 22.2. The van der Waals surface area contributed by atoms with Crippen LogP contribution in [-0.2, 0) is 11.3 Å². The maximum Gasteiger partial charge on any atom is 0.410 e. The number of halogens is 1. The molecular weight excluding hydrogens is 434 g/mol. The molecule has 2 N–H and O–H groups in total. The number of piperidine rings is 1. The minimum absolute atomic E-state index is 0.0141. The van der Waals surface area contributed by atoms with Gasteiger partial charge in [-0.2, -0.15) is 0 Å². The fourth-order valence-corrected chi connectivity index (χ4v) is 4.42. The standard InChI is InChI=1S/C23H24ClN3O5/c24-14-3-1-13(2-4-14)10-26-22(29)19-9-21(18(11-25-19)17-8-20(17)28)32-16-5-6-27-15(7-16)12-31-23(27)30/h1-4,9,11,15-17,20,28H,5-8,10,12H2,(H,26,29)/t15-,16-,17?,20?/m0/s1. The summed E-state index contributed by atoms with van der Waals surface area (Å²) in [5.41, 5.74) is 2.00. The Morgan fingerprint density at radius 3 is 2.84 bits per heavy atom. The second-order valence-electron chi connectivity index (χ2n) is 8.51. The van der Waals surface area contributed by atoms with Crippen molar-refractivity contribution >= 4 is 23.6 Å². The molecule has 168 valence electrons. The van der Waals surface area contributed by atoms with Gasteiger partial charge in [-0.1, -0.05) is 23.7 Å². The fraction of sp³-hybridized carbons (Fsp3) is 0.435. The SMILES string of the molecule is O=C(NCc1ccc(Cl)cc1)c1cc(O[C@H]2CCN3C(=O)OC[C@@H]3C2)c(C2CC2O)cn1. The van der Waals surface area contributed by atoms with Crippen LogP contribution in [0, 0.1) is 0 Å². The van der Waals surface area contributed by atoms with Crippen LogP contribution in [0.1, 0.15) is 46.8 Å². The average molecular weight is 458 g/mol. The quantitative estimate of drug-likeness (QED) is 0.691. The van der Waals surface area contributed by atoms with E-state index in [4.69, 9.17) is 21.1 Å². The van der Waals surface area contributed by atoms with E-state index < -0.39 is 6.10 Å². The summed E-state index contributed by atoms with van der Waals surface area (Å²) in [6.07, 6.45) is 2.85. The first kappa shape index (κ1) is 21.0. The van der Waals surface area contributed by atoms with Crippen molar-refractivity contribution in [2.75, 3.05) is 13.2 Å². The molecule has 1 saturated carbocycles. The number of cyclic esters (lactones) is 1. The second kappa shape index (κ2) is 8.60. The van der Waals surface area contributed by atoms with Crippen molar-refractivity contribution in [3.05, 3.63) is 58.4 Å². The molecule has 4 atom stereocenters. The highest BCUT2D eigenvalue weighted by Gasteiger charge is 2.41. The third-order valence-corrected chi connectivity index (χ3v) is 6.50. The zero-order valence-corrected chi connectivity index (χ0v) is 18.1. The Bertz CT molecular complexity index is 1030. The summed E-state index contributed by atoms with van der Waals surface area (Å²) >= 11 is 5.90. The molecule has 3 fully saturated rings. The van der Waals surface area contributed by atoms with E-state index in [1.165, 1.54) is 0 Å². The lowest BCUT2D eigenvalue weighted by Crippen LogP contribution is -2.44. The van der Waals surface area contributed by atoms with Crippen molar-refractivity contribution in [3.63, 3.8) is 0 Å². The van der Waals surface area contributed by atoms with Gasteiger partial charge in [0.1, 0.15) is 24.2 Å². The molecule has 2 saturated heterocycles. The van der Waals surface area contributed by atoms with Gasteiger partial charge < -0.3 is 24.8 Å². The average Bonchev–Trinajstić information content (AvgIpc) is 3.41. The van der Waals surface area contributed by atoms with Crippen molar-refractivity contribution in [3.8, 4) is 5.75 Å². The summed E-state index contributed by atoms with van der Waals surface area (Å²) in [5, 5.41) is 13.4. The molecule has 2 aliphatic heterocycles. The lowest BCUT2D eigenvalue weighted by Gasteiger charge is -2.33. The highest BCUT2D eigenvalue weighted by atomic mass is 35.5. The van der Waals surface area contributed by atoms with Gasteiger partial charge in [0, 0.05) is 54.7 Å². The Labute approximate surface area is 190 Å². The molecule has 2 unspecified atom stereocenters. The Hall–Kier alpha value is -2.84. The van der Waals surface area contributed by atoms with Gasteiger partial charge in [0.2, 0.25) is 0 Å². The summed E-state index contributed by atoms with van der Waals surface area (Å²) in [5.74, 6) is 0.236. The number of carbonyl (C=O) groups is 2. The maximum absolute atomic E-state index is 12.7. The predicted octanol–water partition coefficient (Wildman–Crippen LogP) is 2.88. The molecule has 3 heterocycles. The lowest BCUT2D eigenvalue weighted by molar-refractivity contribution is 0.0906. The van der Waals surface area contributed by atoms with Crippen LogP contribution in [0.3, 0.4) is 0 Å². The van der Waals surface area contributed by atoms with Crippen LogP contribution >= 0.6 is 11.6 Å². The zero-order valence-electron chi connectivity index (χ0n) is 17.4. The Balaban J connectivity index is 1.29. The van der Waals surface area contributed by atoms with Crippen molar-refractivity contribution in [2.45, 2.75) is 50.0 Å². The summed E-state index contributed by atoms with van der Waals surface area (Å²) in [7, 11) is 0. The summed E-state index contributed by atoms with van der Waals surface area (Å²) in [4.78, 5) is 30.5. The van der Waals surface area contributed by atoms with Gasteiger partial charge in [-0.05, 0) is 24.1 Å². The number of nitrogens with one attached hydrogen (secondary N) is 1. The van der Waals surface area contributed by atoms with E-state index in [0.717, 1.165) is 11.1 Å². The number of carbonyl (C=O) groups excluding carboxylic acids is 2. The number of amides is 2. The van der Waals surface area contributed by atoms with Crippen LogP contribution in [0.2, 0.25) is 5.02 Å². The number of aliphatic hydroxyl groups is 1. The van der Waals surface area contributed by atoms with Crippen LogP contribution in [0.25, 0.3) is 0 Å². The number of ether oxygens (including phenoxy) is 2. The van der Waals surface area contributed by atoms with Gasteiger partial charge in [0.25, 0.3) is 5.91 Å². The summed E-state index contributed by atoms with van der Waals surface area (Å²) < 4.78 is 11.4. The van der Waals surface area contributed by atoms with Gasteiger partial charge in [-0.15, -0.1) is 0 Å². The second-order valence-corrected chi connectivity index (χ2v) is 8.95. The molecule has 8 nitrogen and oxygen atoms in total. The highest BCUT2D eigenvalue weighted by Crippen LogP contribution is 2.45. The highest BCUT2D eigenvalue weighted by molar-refractivity contribution is 6.30. The molecule has 32 heavy (non-hydrogen) atoms. The van der Waals surface area contributed by atoms with Crippen LogP contribution in [0.5, 0.6) is 5.75 Å². The summed E-state index contributed by atoms with van der Waals surface area (Å²) in [6, 6.07) is 8.92. The van der Waals surface area contributed by atoms with E-state index in [2.05, 4.69) is 10.3 Å². The number of nitrogens with zero attached hydrogens (tertiary/aromatic N) is 2. The molecule has 1 aromatic heterocycles. The minimum Gasteiger partial charge on any atom is -0.490 e. The normalized spacial score (nSPS) is 26.3. The Morgan fingerprint density at radius 1 is 1.31 bits per heavy atom. The van der Waals surface area contributed by atoms with Gasteiger partial charge in [0.15, 0.2) is 0 Å². The van der Waals surface area contributed by atoms with Crippen molar-refractivity contribution in [1.29, 1.82) is 0 Å². The molecule has 2 aromatic rings. The van der Waals surface area contributed by atoms with Crippen molar-refractivity contribution in [1.82, 2.24) is 15.2 Å². The van der Waals surface area contributed by atoms with E-state index in [0.29, 0.717) is 49.7 Å². The van der Waals surface area contributed by atoms with Crippen LogP contribution in [-0.4, -0.2) is 58.4 Å². The van der Waals surface area contributed by atoms with Crippen molar-refractivity contribution in [2.24, 2.45) is 0 Å². The first-order chi connectivity index (χ1) is 15.5. The van der Waals surface area contributed by atoms with Crippen LogP contribution < -0.4 is 10.1 Å². The fourth-order valence-electron chi connectivity index (χ4n) is 4.29. The molecule has 0 radical (unpaired) electrons. The molecule has 9 heteroatoms. The predicted molar refractivity (Wildman–Crippen MR) is 116 cm³/mol. The maximum atomic E-state index is 12.7. The van der Waals surface area contributed by atoms with E-state index in [1.54, 1.807) is 29.3 Å². The third kappa shape index (κ3) is 4.38. The monoisotopic (exact) mass is 457 g/mol. The Kier molecular flexibility index (Phi) is 5.65. The Morgan fingerprint density at radius 2 is 2.09 bits per heavy atom. The summed E-state index contributed by atoms with van der Waals surface area (Å²) in [6.45, 7) is 1.31. The number of hydrogen-bond acceptors (Lipinski definition) is 6. The first-order valence-electron chi connectivity index (χ1n) is 10.8. The number of rotatable bonds is 6. The smallest absolute Gasteiger partial charge is 0.410 e. The van der Waals surface area contributed by atoms with E-state index in [9.17, 15) is 14.7 Å². The molecule has 0 bridgehead atoms. The lowest BCUT2D eigenvalue weighted by atomic mass is 10.0. The number of benzene rings is 1. The molecule has 1 aliphatic carbocycles. The van der Waals surface area contributed by atoms with E-state index in [1.807, 2.05) is 12.1 Å². The third-order valence-electron chi connectivity index (χ3n) is 6.25. The van der Waals surface area contributed by atoms with Gasteiger partial charge in [-0.3, -0.25) is 9.78 Å². The topological polar surface area (TPSA) is 101 Å². The van der Waals surface area contributed by atoms with E-state index >= 15 is 0 Å². The van der Waals surface area contributed by atoms with Gasteiger partial charge >= 0.3 is 6.09 Å². The number of hydrogen-bond donors (Lipinski definition) is 2. The number of fused-ring (bicyclic) bond motifs is 1.